The number of nitrogens with zero attached hydrogens (tertiary/aromatic N) is 2. The Morgan fingerprint density at radius 2 is 1.71 bits per heavy atom. The lowest BCUT2D eigenvalue weighted by Crippen LogP contribution is -1.99. The first-order valence-electron chi connectivity index (χ1n) is 9.65. The summed E-state index contributed by atoms with van der Waals surface area (Å²) in [6.45, 7) is 0. The topological polar surface area (TPSA) is 25.2 Å². The summed E-state index contributed by atoms with van der Waals surface area (Å²) in [5, 5.41) is 2.21. The Labute approximate surface area is 172 Å². The Balaban J connectivity index is 1.53. The molecule has 0 saturated heterocycles. The van der Waals surface area contributed by atoms with E-state index in [1.54, 1.807) is 11.3 Å². The van der Waals surface area contributed by atoms with Crippen LogP contribution in [0.1, 0.15) is 28.8 Å². The van der Waals surface area contributed by atoms with E-state index in [-0.39, 0.29) is 0 Å². The van der Waals surface area contributed by atoms with Gasteiger partial charge in [-0.3, -0.25) is 0 Å². The van der Waals surface area contributed by atoms with Crippen LogP contribution in [0.4, 0.5) is 5.00 Å². The molecule has 2 nitrogen and oxygen atoms in total. The van der Waals surface area contributed by atoms with Gasteiger partial charge >= 0.3 is 0 Å². The number of thiazole rings is 1. The Morgan fingerprint density at radius 1 is 0.893 bits per heavy atom. The maximum Gasteiger partial charge on any atom is 0.127 e. The number of allylic oxidation sites excluding steroid dienone is 1. The third kappa shape index (κ3) is 3.46. The summed E-state index contributed by atoms with van der Waals surface area (Å²) in [7, 11) is 0. The minimum Gasteiger partial charge on any atom is -0.245 e. The molecule has 5 rings (SSSR count). The van der Waals surface area contributed by atoms with E-state index in [1.807, 2.05) is 29.7 Å². The zero-order valence-corrected chi connectivity index (χ0v) is 17.1. The lowest BCUT2D eigenvalue weighted by Gasteiger charge is -2.11. The lowest BCUT2D eigenvalue weighted by atomic mass is 9.96. The van der Waals surface area contributed by atoms with Crippen molar-refractivity contribution in [3.8, 4) is 10.6 Å². The number of fused-ring (bicyclic) bond motifs is 2. The zero-order chi connectivity index (χ0) is 18.8. The fourth-order valence-electron chi connectivity index (χ4n) is 3.67. The van der Waals surface area contributed by atoms with Gasteiger partial charge < -0.3 is 0 Å². The van der Waals surface area contributed by atoms with Crippen LogP contribution in [0.3, 0.4) is 0 Å². The quantitative estimate of drug-likeness (QED) is 0.329. The van der Waals surface area contributed by atoms with Crippen LogP contribution in [0.25, 0.3) is 26.9 Å². The predicted molar refractivity (Wildman–Crippen MR) is 123 cm³/mol. The van der Waals surface area contributed by atoms with E-state index in [4.69, 9.17) is 9.98 Å². The van der Waals surface area contributed by atoms with Crippen LogP contribution in [0.15, 0.2) is 65.7 Å². The van der Waals surface area contributed by atoms with Crippen molar-refractivity contribution in [2.45, 2.75) is 25.7 Å². The van der Waals surface area contributed by atoms with Gasteiger partial charge in [0.25, 0.3) is 0 Å². The van der Waals surface area contributed by atoms with E-state index in [0.717, 1.165) is 21.9 Å². The largest absolute Gasteiger partial charge is 0.245 e. The molecule has 0 amide bonds. The molecule has 2 aromatic carbocycles. The monoisotopic (exact) mass is 400 g/mol. The summed E-state index contributed by atoms with van der Waals surface area (Å²) in [6, 6.07) is 18.7. The van der Waals surface area contributed by atoms with Crippen molar-refractivity contribution in [1.82, 2.24) is 4.98 Å². The highest BCUT2D eigenvalue weighted by Gasteiger charge is 2.23. The number of hydrogen-bond donors (Lipinski definition) is 0. The Morgan fingerprint density at radius 3 is 2.61 bits per heavy atom. The van der Waals surface area contributed by atoms with Crippen LogP contribution in [0, 0.1) is 0 Å². The fourth-order valence-corrected chi connectivity index (χ4v) is 6.02. The first-order valence-corrected chi connectivity index (χ1v) is 11.3. The summed E-state index contributed by atoms with van der Waals surface area (Å²) in [6.07, 6.45) is 10.9. The van der Waals surface area contributed by atoms with E-state index in [0.29, 0.717) is 0 Å². The molecule has 1 aliphatic rings. The third-order valence-electron chi connectivity index (χ3n) is 5.03. The van der Waals surface area contributed by atoms with Crippen molar-refractivity contribution < 1.29 is 0 Å². The van der Waals surface area contributed by atoms with E-state index < -0.39 is 0 Å². The third-order valence-corrected chi connectivity index (χ3v) is 7.28. The first-order chi connectivity index (χ1) is 13.9. The van der Waals surface area contributed by atoms with Crippen molar-refractivity contribution in [3.05, 3.63) is 76.7 Å². The van der Waals surface area contributed by atoms with Gasteiger partial charge in [0, 0.05) is 11.1 Å². The molecule has 0 radical (unpaired) electrons. The molecule has 0 spiro atoms. The van der Waals surface area contributed by atoms with Crippen molar-refractivity contribution in [2.75, 3.05) is 0 Å². The van der Waals surface area contributed by atoms with Gasteiger partial charge in [0.2, 0.25) is 0 Å². The molecule has 0 fully saturated rings. The number of para-hydroxylation sites is 1. The van der Waals surface area contributed by atoms with Crippen molar-refractivity contribution >= 4 is 50.2 Å². The van der Waals surface area contributed by atoms with Crippen molar-refractivity contribution in [1.29, 1.82) is 0 Å². The number of aromatic nitrogens is 1. The average molecular weight is 401 g/mol. The first kappa shape index (κ1) is 17.5. The molecule has 0 bridgehead atoms. The summed E-state index contributed by atoms with van der Waals surface area (Å²) >= 11 is 3.63. The number of benzene rings is 2. The number of aliphatic imine (C=N–C) groups is 1. The van der Waals surface area contributed by atoms with Gasteiger partial charge in [0.1, 0.15) is 10.0 Å². The molecule has 0 unspecified atom stereocenters. The molecule has 0 aliphatic heterocycles. The van der Waals surface area contributed by atoms with Gasteiger partial charge in [0.05, 0.1) is 15.8 Å². The number of hydrogen-bond acceptors (Lipinski definition) is 4. The molecular weight excluding hydrogens is 380 g/mol. The molecule has 28 heavy (non-hydrogen) atoms. The van der Waals surface area contributed by atoms with E-state index in [1.165, 1.54) is 45.5 Å². The lowest BCUT2D eigenvalue weighted by molar-refractivity contribution is 0.698. The van der Waals surface area contributed by atoms with Crippen LogP contribution in [0.2, 0.25) is 0 Å². The van der Waals surface area contributed by atoms with Crippen molar-refractivity contribution in [2.24, 2.45) is 4.99 Å². The second kappa shape index (κ2) is 7.82. The second-order valence-electron chi connectivity index (χ2n) is 6.93. The van der Waals surface area contributed by atoms with Gasteiger partial charge in [0.15, 0.2) is 0 Å². The Kier molecular flexibility index (Phi) is 4.90. The van der Waals surface area contributed by atoms with E-state index >= 15 is 0 Å². The molecule has 2 aromatic heterocycles. The fraction of sp³-hybridized carbons (Fsp3) is 0.167. The molecule has 1 aliphatic carbocycles. The number of aryl methyl sites for hydroxylation is 1. The van der Waals surface area contributed by atoms with Crippen LogP contribution < -0.4 is 0 Å². The van der Waals surface area contributed by atoms with Crippen LogP contribution >= 0.6 is 22.7 Å². The standard InChI is InChI=1S/C24H20N2S2/c1-2-9-17(10-3-1)11-8-16-25-23-22(18-12-4-6-14-20(18)27-23)24-26-19-13-5-7-15-21(19)28-24/h1-3,5,7-11,13,15-16H,4,6,12,14H2/b11-8+,25-16+. The van der Waals surface area contributed by atoms with Gasteiger partial charge in [-0.25, -0.2) is 9.98 Å². The Hall–Kier alpha value is -2.56. The van der Waals surface area contributed by atoms with E-state index in [2.05, 4.69) is 54.6 Å². The molecule has 2 heterocycles. The van der Waals surface area contributed by atoms with Crippen LogP contribution in [0.5, 0.6) is 0 Å². The second-order valence-corrected chi connectivity index (χ2v) is 9.04. The molecule has 4 aromatic rings. The average Bonchev–Trinajstić information content (AvgIpc) is 3.32. The summed E-state index contributed by atoms with van der Waals surface area (Å²) in [5.41, 5.74) is 5.02. The predicted octanol–water partition coefficient (Wildman–Crippen LogP) is 7.32. The normalized spacial score (nSPS) is 14.3. The maximum absolute atomic E-state index is 4.93. The summed E-state index contributed by atoms with van der Waals surface area (Å²) in [5.74, 6) is 0. The van der Waals surface area contributed by atoms with Gasteiger partial charge in [-0.05, 0) is 55.0 Å². The number of thiophene rings is 1. The molecule has 0 saturated carbocycles. The summed E-state index contributed by atoms with van der Waals surface area (Å²) < 4.78 is 1.24. The molecule has 138 valence electrons. The molecular formula is C24H20N2S2. The highest BCUT2D eigenvalue weighted by atomic mass is 32.1. The van der Waals surface area contributed by atoms with Gasteiger partial charge in [-0.15, -0.1) is 22.7 Å². The molecule has 0 atom stereocenters. The zero-order valence-electron chi connectivity index (χ0n) is 15.5. The van der Waals surface area contributed by atoms with E-state index in [9.17, 15) is 0 Å². The smallest absolute Gasteiger partial charge is 0.127 e. The SMILES string of the molecule is C(=C\c1ccccc1)/C=N/c1sc2c(c1-c1nc3ccccc3s1)CCCC2. The van der Waals surface area contributed by atoms with Gasteiger partial charge in [-0.1, -0.05) is 48.5 Å². The van der Waals surface area contributed by atoms with Crippen LogP contribution in [-0.4, -0.2) is 11.2 Å². The van der Waals surface area contributed by atoms with Crippen LogP contribution in [-0.2, 0) is 12.8 Å². The highest BCUT2D eigenvalue weighted by molar-refractivity contribution is 7.22. The maximum atomic E-state index is 4.93. The minimum atomic E-state index is 1.08. The summed E-state index contributed by atoms with van der Waals surface area (Å²) in [4.78, 5) is 11.3. The molecule has 0 N–H and O–H groups in total. The Bertz CT molecular complexity index is 1130. The molecule has 4 heteroatoms. The number of rotatable bonds is 4. The highest BCUT2D eigenvalue weighted by Crippen LogP contribution is 2.47. The van der Waals surface area contributed by atoms with Crippen molar-refractivity contribution in [3.63, 3.8) is 0 Å². The van der Waals surface area contributed by atoms with Gasteiger partial charge in [-0.2, -0.15) is 0 Å². The minimum absolute atomic E-state index is 1.08.